The van der Waals surface area contributed by atoms with Gasteiger partial charge in [0.25, 0.3) is 0 Å². The molecule has 0 bridgehead atoms. The highest BCUT2D eigenvalue weighted by atomic mass is 32.2. The Hall–Kier alpha value is -0.240. The highest BCUT2D eigenvalue weighted by Gasteiger charge is 2.15. The van der Waals surface area contributed by atoms with Gasteiger partial charge >= 0.3 is 0 Å². The maximum Gasteiger partial charge on any atom is 0.250 e. The maximum absolute atomic E-state index is 11.8. The number of hydrogen-bond acceptors (Lipinski definition) is 5. The number of nitrogens with one attached hydrogen (secondary N) is 1. The zero-order valence-electron chi connectivity index (χ0n) is 9.26. The van der Waals surface area contributed by atoms with Crippen molar-refractivity contribution in [3.8, 4) is 0 Å². The quantitative estimate of drug-likeness (QED) is 0.832. The fourth-order valence-corrected chi connectivity index (χ4v) is 3.58. The monoisotopic (exact) mass is 280 g/mol. The predicted molar refractivity (Wildman–Crippen MR) is 71.5 cm³/mol. The molecule has 1 heterocycles. The van der Waals surface area contributed by atoms with Crippen LogP contribution in [0.4, 0.5) is 5.69 Å². The van der Waals surface area contributed by atoms with Crippen LogP contribution < -0.4 is 10.5 Å². The molecule has 92 valence electrons. The van der Waals surface area contributed by atoms with E-state index in [1.807, 2.05) is 6.26 Å². The number of thiophene rings is 1. The summed E-state index contributed by atoms with van der Waals surface area (Å²) in [6.07, 6.45) is 2.83. The Kier molecular flexibility index (Phi) is 5.10. The van der Waals surface area contributed by atoms with E-state index < -0.39 is 10.0 Å². The summed E-state index contributed by atoms with van der Waals surface area (Å²) < 4.78 is 26.4. The van der Waals surface area contributed by atoms with Crippen molar-refractivity contribution in [2.24, 2.45) is 0 Å². The van der Waals surface area contributed by atoms with Crippen molar-refractivity contribution >= 4 is 38.8 Å². The van der Waals surface area contributed by atoms with Gasteiger partial charge in [-0.15, -0.1) is 11.3 Å². The molecule has 1 rings (SSSR count). The van der Waals surface area contributed by atoms with E-state index in [1.165, 1.54) is 6.07 Å². The lowest BCUT2D eigenvalue weighted by Crippen LogP contribution is -2.25. The number of rotatable bonds is 6. The number of thioether (sulfide) groups is 1. The second-order valence-corrected chi connectivity index (χ2v) is 7.61. The number of hydrogen-bond donors (Lipinski definition) is 2. The van der Waals surface area contributed by atoms with Gasteiger partial charge in [-0.1, -0.05) is 6.92 Å². The number of sulfonamides is 1. The van der Waals surface area contributed by atoms with Gasteiger partial charge in [0.05, 0.1) is 0 Å². The van der Waals surface area contributed by atoms with E-state index in [-0.39, 0.29) is 4.21 Å². The average Bonchev–Trinajstić information content (AvgIpc) is 2.65. The van der Waals surface area contributed by atoms with Crippen LogP contribution in [0, 0.1) is 0 Å². The highest BCUT2D eigenvalue weighted by molar-refractivity contribution is 7.99. The molecular formula is C9H16N2O2S3. The van der Waals surface area contributed by atoms with Crippen LogP contribution in [0.5, 0.6) is 0 Å². The molecule has 4 nitrogen and oxygen atoms in total. The molecular weight excluding hydrogens is 264 g/mol. The van der Waals surface area contributed by atoms with Crippen molar-refractivity contribution in [3.63, 3.8) is 0 Å². The second-order valence-electron chi connectivity index (χ2n) is 3.43. The van der Waals surface area contributed by atoms with E-state index >= 15 is 0 Å². The number of anilines is 1. The molecule has 0 saturated heterocycles. The lowest BCUT2D eigenvalue weighted by atomic mass is 10.3. The molecule has 0 aliphatic rings. The molecule has 0 aromatic carbocycles. The van der Waals surface area contributed by atoms with Gasteiger partial charge in [0, 0.05) is 22.9 Å². The molecule has 0 spiro atoms. The fourth-order valence-electron chi connectivity index (χ4n) is 1.06. The van der Waals surface area contributed by atoms with E-state index in [1.54, 1.807) is 17.1 Å². The third kappa shape index (κ3) is 3.97. The Bertz CT molecular complexity index is 428. The molecule has 0 amide bonds. The summed E-state index contributed by atoms with van der Waals surface area (Å²) in [5, 5.41) is 2.08. The van der Waals surface area contributed by atoms with Crippen LogP contribution in [-0.4, -0.2) is 26.5 Å². The first kappa shape index (κ1) is 13.8. The zero-order valence-corrected chi connectivity index (χ0v) is 11.7. The third-order valence-electron chi connectivity index (χ3n) is 2.11. The SMILES string of the molecule is CSC(C)CCNS(=O)(=O)c1cc(N)cs1. The van der Waals surface area contributed by atoms with E-state index in [0.29, 0.717) is 17.5 Å². The van der Waals surface area contributed by atoms with Crippen molar-refractivity contribution in [2.75, 3.05) is 18.5 Å². The van der Waals surface area contributed by atoms with Crippen LogP contribution in [0.1, 0.15) is 13.3 Å². The molecule has 16 heavy (non-hydrogen) atoms. The Morgan fingerprint density at radius 1 is 1.62 bits per heavy atom. The minimum Gasteiger partial charge on any atom is -0.398 e. The largest absolute Gasteiger partial charge is 0.398 e. The number of nitrogen functional groups attached to an aromatic ring is 1. The minimum absolute atomic E-state index is 0.279. The zero-order chi connectivity index (χ0) is 12.2. The van der Waals surface area contributed by atoms with Crippen LogP contribution in [0.25, 0.3) is 0 Å². The van der Waals surface area contributed by atoms with Gasteiger partial charge in [-0.25, -0.2) is 13.1 Å². The Balaban J connectivity index is 2.53. The molecule has 0 radical (unpaired) electrons. The van der Waals surface area contributed by atoms with E-state index in [4.69, 9.17) is 5.73 Å². The Labute approximate surface area is 105 Å². The van der Waals surface area contributed by atoms with Crippen LogP contribution in [0.2, 0.25) is 0 Å². The summed E-state index contributed by atoms with van der Waals surface area (Å²) in [4.78, 5) is 0. The maximum atomic E-state index is 11.8. The molecule has 0 aliphatic carbocycles. The first-order valence-corrected chi connectivity index (χ1v) is 8.47. The van der Waals surface area contributed by atoms with Crippen molar-refractivity contribution < 1.29 is 8.42 Å². The predicted octanol–water partition coefficient (Wildman–Crippen LogP) is 1.75. The summed E-state index contributed by atoms with van der Waals surface area (Å²) in [7, 11) is -3.36. The molecule has 1 aromatic heterocycles. The van der Waals surface area contributed by atoms with Crippen molar-refractivity contribution in [3.05, 3.63) is 11.4 Å². The second kappa shape index (κ2) is 5.90. The summed E-state index contributed by atoms with van der Waals surface area (Å²) in [5.74, 6) is 0. The van der Waals surface area contributed by atoms with Gasteiger partial charge in [0.1, 0.15) is 4.21 Å². The molecule has 3 N–H and O–H groups in total. The molecule has 1 atom stereocenters. The average molecular weight is 280 g/mol. The van der Waals surface area contributed by atoms with E-state index in [0.717, 1.165) is 17.8 Å². The molecule has 0 aliphatic heterocycles. The Morgan fingerprint density at radius 2 is 2.31 bits per heavy atom. The summed E-state index contributed by atoms with van der Waals surface area (Å²) >= 11 is 2.86. The third-order valence-corrected chi connectivity index (χ3v) is 6.07. The van der Waals surface area contributed by atoms with Crippen molar-refractivity contribution in [1.29, 1.82) is 0 Å². The lowest BCUT2D eigenvalue weighted by molar-refractivity contribution is 0.581. The summed E-state index contributed by atoms with van der Waals surface area (Å²) in [5.41, 5.74) is 5.98. The van der Waals surface area contributed by atoms with Crippen molar-refractivity contribution in [2.45, 2.75) is 22.8 Å². The van der Waals surface area contributed by atoms with Gasteiger partial charge in [0.2, 0.25) is 10.0 Å². The molecule has 0 fully saturated rings. The molecule has 1 unspecified atom stereocenters. The van der Waals surface area contributed by atoms with E-state index in [2.05, 4.69) is 11.6 Å². The van der Waals surface area contributed by atoms with Gasteiger partial charge in [-0.05, 0) is 18.7 Å². The fraction of sp³-hybridized carbons (Fsp3) is 0.556. The number of nitrogens with two attached hydrogens (primary N) is 1. The summed E-state index contributed by atoms with van der Waals surface area (Å²) in [6.45, 7) is 2.53. The molecule has 0 saturated carbocycles. The summed E-state index contributed by atoms with van der Waals surface area (Å²) in [6, 6.07) is 1.48. The van der Waals surface area contributed by atoms with Crippen LogP contribution in [0.15, 0.2) is 15.7 Å². The Morgan fingerprint density at radius 3 is 2.81 bits per heavy atom. The van der Waals surface area contributed by atoms with E-state index in [9.17, 15) is 8.42 Å². The standard InChI is InChI=1S/C9H16N2O2S3/c1-7(14-2)3-4-11-16(12,13)9-5-8(10)6-15-9/h5-7,11H,3-4,10H2,1-2H3. The first-order chi connectivity index (χ1) is 7.45. The van der Waals surface area contributed by atoms with Crippen molar-refractivity contribution in [1.82, 2.24) is 4.72 Å². The smallest absolute Gasteiger partial charge is 0.250 e. The van der Waals surface area contributed by atoms with Gasteiger partial charge in [-0.2, -0.15) is 11.8 Å². The lowest BCUT2D eigenvalue weighted by Gasteiger charge is -2.08. The molecule has 7 heteroatoms. The van der Waals surface area contributed by atoms with Crippen LogP contribution in [-0.2, 0) is 10.0 Å². The van der Waals surface area contributed by atoms with Gasteiger partial charge in [0.15, 0.2) is 0 Å². The topological polar surface area (TPSA) is 72.2 Å². The first-order valence-electron chi connectivity index (χ1n) is 4.82. The van der Waals surface area contributed by atoms with Gasteiger partial charge < -0.3 is 5.73 Å². The van der Waals surface area contributed by atoms with Gasteiger partial charge in [-0.3, -0.25) is 0 Å². The van der Waals surface area contributed by atoms with Crippen LogP contribution in [0.3, 0.4) is 0 Å². The molecule has 1 aromatic rings. The highest BCUT2D eigenvalue weighted by Crippen LogP contribution is 2.21. The normalized spacial score (nSPS) is 13.9. The minimum atomic E-state index is -3.36. The van der Waals surface area contributed by atoms with Crippen LogP contribution >= 0.6 is 23.1 Å².